The van der Waals surface area contributed by atoms with Gasteiger partial charge in [-0.3, -0.25) is 4.79 Å². The number of benzene rings is 2. The van der Waals surface area contributed by atoms with Crippen molar-refractivity contribution in [1.82, 2.24) is 0 Å². The van der Waals surface area contributed by atoms with Crippen LogP contribution in [-0.4, -0.2) is 17.5 Å². The molecule has 0 aliphatic carbocycles. The number of hydrogen-bond donors (Lipinski definition) is 2. The zero-order valence-electron chi connectivity index (χ0n) is 12.3. The van der Waals surface area contributed by atoms with Crippen LogP contribution in [-0.2, 0) is 6.42 Å². The van der Waals surface area contributed by atoms with Gasteiger partial charge in [0, 0.05) is 17.7 Å². The number of carbonyl (C=O) groups is 1. The number of hydrogen-bond acceptors (Lipinski definition) is 3. The Labute approximate surface area is 135 Å². The van der Waals surface area contributed by atoms with Crippen LogP contribution in [0.15, 0.2) is 48.5 Å². The first kappa shape index (κ1) is 16.0. The Kier molecular flexibility index (Phi) is 5.49. The van der Waals surface area contributed by atoms with Crippen molar-refractivity contribution >= 4 is 28.8 Å². The summed E-state index contributed by atoms with van der Waals surface area (Å²) in [7, 11) is 0. The van der Waals surface area contributed by atoms with Crippen molar-refractivity contribution in [2.24, 2.45) is 5.73 Å². The lowest BCUT2D eigenvalue weighted by Crippen LogP contribution is -2.18. The van der Waals surface area contributed by atoms with E-state index in [0.717, 1.165) is 11.3 Å². The third-order valence-electron chi connectivity index (χ3n) is 3.05. The summed E-state index contributed by atoms with van der Waals surface area (Å²) in [6.45, 7) is 2.53. The van der Waals surface area contributed by atoms with E-state index in [1.807, 2.05) is 37.3 Å². The minimum Gasteiger partial charge on any atom is -0.494 e. The van der Waals surface area contributed by atoms with Crippen LogP contribution in [0.3, 0.4) is 0 Å². The molecule has 2 rings (SSSR count). The van der Waals surface area contributed by atoms with E-state index in [-0.39, 0.29) is 5.91 Å². The van der Waals surface area contributed by atoms with E-state index in [4.69, 9.17) is 22.7 Å². The molecule has 0 saturated heterocycles. The molecular weight excluding hydrogens is 296 g/mol. The highest BCUT2D eigenvalue weighted by Crippen LogP contribution is 2.17. The predicted octanol–water partition coefficient (Wildman–Crippen LogP) is 3.17. The van der Waals surface area contributed by atoms with Gasteiger partial charge in [0.25, 0.3) is 5.91 Å². The maximum atomic E-state index is 12.4. The molecule has 1 amide bonds. The Bertz CT molecular complexity index is 669. The van der Waals surface area contributed by atoms with Gasteiger partial charge in [-0.2, -0.15) is 0 Å². The average molecular weight is 314 g/mol. The van der Waals surface area contributed by atoms with Crippen molar-refractivity contribution in [1.29, 1.82) is 0 Å². The highest BCUT2D eigenvalue weighted by Gasteiger charge is 2.11. The number of ether oxygens (including phenoxy) is 1. The van der Waals surface area contributed by atoms with Crippen molar-refractivity contribution in [3.63, 3.8) is 0 Å². The Balaban J connectivity index is 2.13. The van der Waals surface area contributed by atoms with E-state index in [2.05, 4.69) is 5.32 Å². The lowest BCUT2D eigenvalue weighted by atomic mass is 10.0. The van der Waals surface area contributed by atoms with Crippen LogP contribution < -0.4 is 15.8 Å². The van der Waals surface area contributed by atoms with E-state index >= 15 is 0 Å². The lowest BCUT2D eigenvalue weighted by molar-refractivity contribution is 0.102. The quantitative estimate of drug-likeness (QED) is 0.804. The van der Waals surface area contributed by atoms with Crippen LogP contribution in [0, 0.1) is 0 Å². The summed E-state index contributed by atoms with van der Waals surface area (Å²) < 4.78 is 5.37. The molecule has 114 valence electrons. The second-order valence-corrected chi connectivity index (χ2v) is 5.24. The first-order chi connectivity index (χ1) is 10.6. The number of rotatable bonds is 6. The van der Waals surface area contributed by atoms with Crippen LogP contribution in [0.1, 0.15) is 22.8 Å². The van der Waals surface area contributed by atoms with E-state index < -0.39 is 0 Å². The molecule has 0 spiro atoms. The molecular formula is C17H18N2O2S. The van der Waals surface area contributed by atoms with E-state index in [1.54, 1.807) is 18.2 Å². The summed E-state index contributed by atoms with van der Waals surface area (Å²) in [6, 6.07) is 14.5. The molecule has 4 nitrogen and oxygen atoms in total. The molecule has 22 heavy (non-hydrogen) atoms. The standard InChI is InChI=1S/C17H18N2O2S/c1-2-21-14-9-7-13(8-10-14)19-17(20)15-6-4-3-5-12(15)11-16(18)22/h3-10H,2,11H2,1H3,(H2,18,22)(H,19,20). The van der Waals surface area contributed by atoms with Gasteiger partial charge in [0.15, 0.2) is 0 Å². The Morgan fingerprint density at radius 2 is 1.86 bits per heavy atom. The predicted molar refractivity (Wildman–Crippen MR) is 92.5 cm³/mol. The summed E-state index contributed by atoms with van der Waals surface area (Å²) in [4.78, 5) is 12.8. The maximum absolute atomic E-state index is 12.4. The third-order valence-corrected chi connectivity index (χ3v) is 3.19. The van der Waals surface area contributed by atoms with Gasteiger partial charge in [0.1, 0.15) is 5.75 Å². The molecule has 2 aromatic carbocycles. The van der Waals surface area contributed by atoms with Crippen molar-refractivity contribution in [2.45, 2.75) is 13.3 Å². The molecule has 3 N–H and O–H groups in total. The molecule has 0 bridgehead atoms. The molecule has 2 aromatic rings. The Morgan fingerprint density at radius 1 is 1.18 bits per heavy atom. The Hall–Kier alpha value is -2.40. The fraction of sp³-hybridized carbons (Fsp3) is 0.176. The molecule has 0 fully saturated rings. The van der Waals surface area contributed by atoms with E-state index in [9.17, 15) is 4.79 Å². The molecule has 0 aliphatic heterocycles. The summed E-state index contributed by atoms with van der Waals surface area (Å²) in [5, 5.41) is 2.86. The van der Waals surface area contributed by atoms with Crippen molar-refractivity contribution in [3.05, 3.63) is 59.7 Å². The lowest BCUT2D eigenvalue weighted by Gasteiger charge is -2.10. The van der Waals surface area contributed by atoms with Gasteiger partial charge >= 0.3 is 0 Å². The normalized spacial score (nSPS) is 10.0. The fourth-order valence-corrected chi connectivity index (χ4v) is 2.24. The number of anilines is 1. The third kappa shape index (κ3) is 4.30. The van der Waals surface area contributed by atoms with Crippen LogP contribution in [0.2, 0.25) is 0 Å². The largest absolute Gasteiger partial charge is 0.494 e. The minimum absolute atomic E-state index is 0.184. The van der Waals surface area contributed by atoms with Gasteiger partial charge < -0.3 is 15.8 Å². The monoisotopic (exact) mass is 314 g/mol. The first-order valence-electron chi connectivity index (χ1n) is 7.00. The number of thiocarbonyl (C=S) groups is 1. The molecule has 0 aliphatic rings. The average Bonchev–Trinajstić information content (AvgIpc) is 2.49. The molecule has 0 aromatic heterocycles. The summed E-state index contributed by atoms with van der Waals surface area (Å²) >= 11 is 4.92. The van der Waals surface area contributed by atoms with Gasteiger partial charge in [-0.25, -0.2) is 0 Å². The highest BCUT2D eigenvalue weighted by molar-refractivity contribution is 7.80. The fourth-order valence-electron chi connectivity index (χ4n) is 2.08. The molecule has 5 heteroatoms. The second kappa shape index (κ2) is 7.56. The number of nitrogens with two attached hydrogens (primary N) is 1. The smallest absolute Gasteiger partial charge is 0.255 e. The van der Waals surface area contributed by atoms with E-state index in [0.29, 0.717) is 29.3 Å². The topological polar surface area (TPSA) is 64.3 Å². The molecule has 0 unspecified atom stereocenters. The van der Waals surface area contributed by atoms with Gasteiger partial charge in [-0.05, 0) is 42.8 Å². The van der Waals surface area contributed by atoms with Gasteiger partial charge in [0.2, 0.25) is 0 Å². The molecule has 0 heterocycles. The highest BCUT2D eigenvalue weighted by atomic mass is 32.1. The van der Waals surface area contributed by atoms with Crippen molar-refractivity contribution < 1.29 is 9.53 Å². The molecule has 0 atom stereocenters. The summed E-state index contributed by atoms with van der Waals surface area (Å²) in [5.74, 6) is 0.588. The number of carbonyl (C=O) groups excluding carboxylic acids is 1. The number of amides is 1. The zero-order chi connectivity index (χ0) is 15.9. The Morgan fingerprint density at radius 3 is 2.50 bits per heavy atom. The van der Waals surface area contributed by atoms with Crippen molar-refractivity contribution in [3.8, 4) is 5.75 Å². The number of nitrogens with one attached hydrogen (secondary N) is 1. The maximum Gasteiger partial charge on any atom is 0.255 e. The van der Waals surface area contributed by atoms with Crippen LogP contribution in [0.25, 0.3) is 0 Å². The SMILES string of the molecule is CCOc1ccc(NC(=O)c2ccccc2CC(N)=S)cc1. The van der Waals surface area contributed by atoms with Gasteiger partial charge in [0.05, 0.1) is 11.6 Å². The zero-order valence-corrected chi connectivity index (χ0v) is 13.2. The van der Waals surface area contributed by atoms with Crippen LogP contribution >= 0.6 is 12.2 Å². The van der Waals surface area contributed by atoms with Crippen LogP contribution in [0.4, 0.5) is 5.69 Å². The molecule has 0 radical (unpaired) electrons. The molecule has 0 saturated carbocycles. The van der Waals surface area contributed by atoms with E-state index in [1.165, 1.54) is 0 Å². The van der Waals surface area contributed by atoms with Crippen LogP contribution in [0.5, 0.6) is 5.75 Å². The minimum atomic E-state index is -0.184. The summed E-state index contributed by atoms with van der Waals surface area (Å²) in [6.07, 6.45) is 0.405. The van der Waals surface area contributed by atoms with Gasteiger partial charge in [-0.15, -0.1) is 0 Å². The summed E-state index contributed by atoms with van der Waals surface area (Å²) in [5.41, 5.74) is 7.68. The first-order valence-corrected chi connectivity index (χ1v) is 7.41. The van der Waals surface area contributed by atoms with Gasteiger partial charge in [-0.1, -0.05) is 30.4 Å². The van der Waals surface area contributed by atoms with Crippen molar-refractivity contribution in [2.75, 3.05) is 11.9 Å². The second-order valence-electron chi connectivity index (χ2n) is 4.71.